The summed E-state index contributed by atoms with van der Waals surface area (Å²) in [6.07, 6.45) is 2.09. The summed E-state index contributed by atoms with van der Waals surface area (Å²) >= 11 is 0. The third kappa shape index (κ3) is 3.32. The second-order valence-corrected chi connectivity index (χ2v) is 5.26. The number of aryl methyl sites for hydroxylation is 1. The number of nitrogens with zero attached hydrogens (tertiary/aromatic N) is 2. The lowest BCUT2D eigenvalue weighted by Gasteiger charge is -2.18. The number of rotatable bonds is 5. The van der Waals surface area contributed by atoms with Crippen molar-refractivity contribution < 1.29 is 9.53 Å². The number of ether oxygens (including phenoxy) is 1. The van der Waals surface area contributed by atoms with Crippen molar-refractivity contribution in [3.63, 3.8) is 0 Å². The molecule has 1 amide bonds. The largest absolute Gasteiger partial charge is 0.497 e. The van der Waals surface area contributed by atoms with E-state index in [2.05, 4.69) is 11.9 Å². The molecule has 0 fully saturated rings. The molecule has 4 nitrogen and oxygen atoms in total. The van der Waals surface area contributed by atoms with E-state index >= 15 is 0 Å². The summed E-state index contributed by atoms with van der Waals surface area (Å²) in [5.74, 6) is 0.805. The first-order valence-corrected chi connectivity index (χ1v) is 7.27. The van der Waals surface area contributed by atoms with Gasteiger partial charge in [-0.1, -0.05) is 13.3 Å². The van der Waals surface area contributed by atoms with Crippen LogP contribution in [0.5, 0.6) is 5.75 Å². The molecular formula is C17H22N2O2. The van der Waals surface area contributed by atoms with E-state index in [-0.39, 0.29) is 5.91 Å². The van der Waals surface area contributed by atoms with Crippen LogP contribution in [0.25, 0.3) is 10.9 Å². The zero-order chi connectivity index (χ0) is 15.4. The molecule has 0 N–H and O–H groups in total. The second-order valence-electron chi connectivity index (χ2n) is 5.26. The third-order valence-corrected chi connectivity index (χ3v) is 3.64. The first kappa shape index (κ1) is 15.3. The molecule has 0 atom stereocenters. The van der Waals surface area contributed by atoms with Crippen molar-refractivity contribution in [2.45, 2.75) is 26.7 Å². The molecule has 0 aliphatic carbocycles. The van der Waals surface area contributed by atoms with Gasteiger partial charge in [0, 0.05) is 25.0 Å². The first-order chi connectivity index (χ1) is 10.1. The molecule has 0 aliphatic rings. The molecular weight excluding hydrogens is 264 g/mol. The minimum Gasteiger partial charge on any atom is -0.497 e. The van der Waals surface area contributed by atoms with Gasteiger partial charge in [-0.3, -0.25) is 9.78 Å². The molecule has 1 heterocycles. The van der Waals surface area contributed by atoms with Gasteiger partial charge in [0.1, 0.15) is 5.75 Å². The Hall–Kier alpha value is -2.10. The van der Waals surface area contributed by atoms with Gasteiger partial charge in [-0.25, -0.2) is 0 Å². The van der Waals surface area contributed by atoms with Gasteiger partial charge in [0.25, 0.3) is 5.91 Å². The van der Waals surface area contributed by atoms with Crippen molar-refractivity contribution in [1.29, 1.82) is 0 Å². The number of fused-ring (bicyclic) bond motifs is 1. The van der Waals surface area contributed by atoms with Gasteiger partial charge >= 0.3 is 0 Å². The Morgan fingerprint density at radius 2 is 2.10 bits per heavy atom. The highest BCUT2D eigenvalue weighted by molar-refractivity contribution is 5.98. The van der Waals surface area contributed by atoms with Crippen LogP contribution in [0.2, 0.25) is 0 Å². The molecule has 0 aliphatic heterocycles. The predicted molar refractivity (Wildman–Crippen MR) is 84.9 cm³/mol. The van der Waals surface area contributed by atoms with E-state index in [0.29, 0.717) is 5.56 Å². The van der Waals surface area contributed by atoms with E-state index in [1.54, 1.807) is 12.0 Å². The van der Waals surface area contributed by atoms with Gasteiger partial charge in [-0.05, 0) is 31.5 Å². The summed E-state index contributed by atoms with van der Waals surface area (Å²) in [4.78, 5) is 18.8. The Labute approximate surface area is 125 Å². The monoisotopic (exact) mass is 286 g/mol. The standard InChI is InChI=1S/C17H22N2O2/c1-5-6-9-19(3)17(20)15-10-13-7-8-14(21-4)11-16(13)18-12(15)2/h7-8,10-11H,5-6,9H2,1-4H3. The lowest BCUT2D eigenvalue weighted by molar-refractivity contribution is 0.0792. The summed E-state index contributed by atoms with van der Waals surface area (Å²) in [6, 6.07) is 7.62. The summed E-state index contributed by atoms with van der Waals surface area (Å²) in [7, 11) is 3.48. The maximum Gasteiger partial charge on any atom is 0.255 e. The highest BCUT2D eigenvalue weighted by atomic mass is 16.5. The Morgan fingerprint density at radius 3 is 2.76 bits per heavy atom. The molecule has 0 saturated heterocycles. The van der Waals surface area contributed by atoms with Gasteiger partial charge < -0.3 is 9.64 Å². The topological polar surface area (TPSA) is 42.4 Å². The number of hydrogen-bond donors (Lipinski definition) is 0. The number of pyridine rings is 1. The zero-order valence-corrected chi connectivity index (χ0v) is 13.1. The lowest BCUT2D eigenvalue weighted by atomic mass is 10.1. The van der Waals surface area contributed by atoms with Crippen LogP contribution in [-0.2, 0) is 0 Å². The number of hydrogen-bond acceptors (Lipinski definition) is 3. The number of benzene rings is 1. The molecule has 0 unspecified atom stereocenters. The SMILES string of the molecule is CCCCN(C)C(=O)c1cc2ccc(OC)cc2nc1C. The molecule has 0 spiro atoms. The van der Waals surface area contributed by atoms with Crippen molar-refractivity contribution in [3.8, 4) is 5.75 Å². The number of amides is 1. The fourth-order valence-corrected chi connectivity index (χ4v) is 2.29. The average molecular weight is 286 g/mol. The van der Waals surface area contributed by atoms with Crippen molar-refractivity contribution >= 4 is 16.8 Å². The number of methoxy groups -OCH3 is 1. The smallest absolute Gasteiger partial charge is 0.255 e. The fraction of sp³-hybridized carbons (Fsp3) is 0.412. The first-order valence-electron chi connectivity index (χ1n) is 7.27. The van der Waals surface area contributed by atoms with Crippen LogP contribution in [0.4, 0.5) is 0 Å². The van der Waals surface area contributed by atoms with Crippen LogP contribution in [0.15, 0.2) is 24.3 Å². The number of unbranched alkanes of at least 4 members (excludes halogenated alkanes) is 1. The third-order valence-electron chi connectivity index (χ3n) is 3.64. The lowest BCUT2D eigenvalue weighted by Crippen LogP contribution is -2.28. The highest BCUT2D eigenvalue weighted by Crippen LogP contribution is 2.22. The Kier molecular flexibility index (Phi) is 4.78. The van der Waals surface area contributed by atoms with E-state index in [4.69, 9.17) is 4.74 Å². The Morgan fingerprint density at radius 1 is 1.33 bits per heavy atom. The normalized spacial score (nSPS) is 10.7. The molecule has 21 heavy (non-hydrogen) atoms. The summed E-state index contributed by atoms with van der Waals surface area (Å²) in [5.41, 5.74) is 2.27. The molecule has 0 bridgehead atoms. The van der Waals surface area contributed by atoms with Crippen molar-refractivity contribution in [3.05, 3.63) is 35.5 Å². The van der Waals surface area contributed by atoms with Crippen LogP contribution in [0.1, 0.15) is 35.8 Å². The highest BCUT2D eigenvalue weighted by Gasteiger charge is 2.15. The van der Waals surface area contributed by atoms with Crippen LogP contribution < -0.4 is 4.74 Å². The number of carbonyl (C=O) groups excluding carboxylic acids is 1. The molecule has 112 valence electrons. The Balaban J connectivity index is 2.36. The molecule has 0 saturated carbocycles. The van der Waals surface area contributed by atoms with E-state index in [1.165, 1.54) is 0 Å². The van der Waals surface area contributed by atoms with Crippen LogP contribution in [0.3, 0.4) is 0 Å². The molecule has 1 aromatic carbocycles. The summed E-state index contributed by atoms with van der Waals surface area (Å²) in [5, 5.41) is 0.952. The molecule has 0 radical (unpaired) electrons. The van der Waals surface area contributed by atoms with Crippen molar-refractivity contribution in [1.82, 2.24) is 9.88 Å². The summed E-state index contributed by atoms with van der Waals surface area (Å²) < 4.78 is 5.21. The van der Waals surface area contributed by atoms with Crippen molar-refractivity contribution in [2.75, 3.05) is 20.7 Å². The van der Waals surface area contributed by atoms with E-state index in [1.807, 2.05) is 38.2 Å². The van der Waals surface area contributed by atoms with Gasteiger partial charge in [0.2, 0.25) is 0 Å². The quantitative estimate of drug-likeness (QED) is 0.845. The number of carbonyl (C=O) groups is 1. The second kappa shape index (κ2) is 6.57. The summed E-state index contributed by atoms with van der Waals surface area (Å²) in [6.45, 7) is 4.77. The van der Waals surface area contributed by atoms with E-state index in [9.17, 15) is 4.79 Å². The van der Waals surface area contributed by atoms with E-state index in [0.717, 1.165) is 41.7 Å². The van der Waals surface area contributed by atoms with Crippen LogP contribution in [0, 0.1) is 6.92 Å². The average Bonchev–Trinajstić information content (AvgIpc) is 2.50. The van der Waals surface area contributed by atoms with Gasteiger partial charge in [0.15, 0.2) is 0 Å². The fourth-order valence-electron chi connectivity index (χ4n) is 2.29. The Bertz CT molecular complexity index is 653. The van der Waals surface area contributed by atoms with Crippen molar-refractivity contribution in [2.24, 2.45) is 0 Å². The van der Waals surface area contributed by atoms with Gasteiger partial charge in [-0.15, -0.1) is 0 Å². The van der Waals surface area contributed by atoms with Gasteiger partial charge in [0.05, 0.1) is 23.9 Å². The van der Waals surface area contributed by atoms with Crippen LogP contribution >= 0.6 is 0 Å². The van der Waals surface area contributed by atoms with Crippen LogP contribution in [-0.4, -0.2) is 36.5 Å². The molecule has 2 rings (SSSR count). The predicted octanol–water partition coefficient (Wildman–Crippen LogP) is 3.42. The minimum atomic E-state index is 0.0335. The molecule has 1 aromatic heterocycles. The molecule has 2 aromatic rings. The minimum absolute atomic E-state index is 0.0335. The zero-order valence-electron chi connectivity index (χ0n) is 13.1. The maximum absolute atomic E-state index is 12.5. The molecule has 4 heteroatoms. The van der Waals surface area contributed by atoms with Gasteiger partial charge in [-0.2, -0.15) is 0 Å². The number of aromatic nitrogens is 1. The van der Waals surface area contributed by atoms with E-state index < -0.39 is 0 Å². The maximum atomic E-state index is 12.5.